The molecule has 1 fully saturated rings. The molecule has 94 valence electrons. The van der Waals surface area contributed by atoms with Crippen molar-refractivity contribution in [2.45, 2.75) is 39.0 Å². The molecule has 17 heavy (non-hydrogen) atoms. The van der Waals surface area contributed by atoms with Crippen LogP contribution in [0, 0.1) is 11.8 Å². The van der Waals surface area contributed by atoms with Gasteiger partial charge in [-0.2, -0.15) is 0 Å². The maximum atomic E-state index is 4.03. The highest BCUT2D eigenvalue weighted by molar-refractivity contribution is 5.09. The number of aromatic nitrogens is 1. The van der Waals surface area contributed by atoms with Crippen molar-refractivity contribution in [1.29, 1.82) is 0 Å². The lowest BCUT2D eigenvalue weighted by atomic mass is 9.83. The Hall–Kier alpha value is -0.890. The SMILES string of the molecule is CC1CCC(CNCCc2ccncc2)CC1. The largest absolute Gasteiger partial charge is 0.316 e. The fourth-order valence-electron chi connectivity index (χ4n) is 2.62. The van der Waals surface area contributed by atoms with Crippen molar-refractivity contribution in [2.75, 3.05) is 13.1 Å². The van der Waals surface area contributed by atoms with Crippen LogP contribution in [0.1, 0.15) is 38.2 Å². The molecule has 1 heterocycles. The highest BCUT2D eigenvalue weighted by atomic mass is 14.9. The molecule has 1 N–H and O–H groups in total. The van der Waals surface area contributed by atoms with Crippen molar-refractivity contribution in [3.05, 3.63) is 30.1 Å². The normalized spacial score (nSPS) is 24.8. The van der Waals surface area contributed by atoms with Gasteiger partial charge in [-0.05, 0) is 61.9 Å². The zero-order chi connectivity index (χ0) is 11.9. The quantitative estimate of drug-likeness (QED) is 0.789. The lowest BCUT2D eigenvalue weighted by molar-refractivity contribution is 0.282. The lowest BCUT2D eigenvalue weighted by Gasteiger charge is -2.26. The number of hydrogen-bond donors (Lipinski definition) is 1. The van der Waals surface area contributed by atoms with E-state index < -0.39 is 0 Å². The van der Waals surface area contributed by atoms with Gasteiger partial charge in [-0.25, -0.2) is 0 Å². The van der Waals surface area contributed by atoms with Crippen molar-refractivity contribution in [3.63, 3.8) is 0 Å². The molecule has 1 aliphatic carbocycles. The summed E-state index contributed by atoms with van der Waals surface area (Å²) in [4.78, 5) is 4.03. The third-order valence-electron chi connectivity index (χ3n) is 3.91. The summed E-state index contributed by atoms with van der Waals surface area (Å²) in [5.41, 5.74) is 1.38. The molecule has 0 amide bonds. The van der Waals surface area contributed by atoms with Crippen LogP contribution < -0.4 is 5.32 Å². The van der Waals surface area contributed by atoms with Crippen molar-refractivity contribution >= 4 is 0 Å². The molecule has 1 saturated carbocycles. The Morgan fingerprint density at radius 3 is 2.59 bits per heavy atom. The summed E-state index contributed by atoms with van der Waals surface area (Å²) in [7, 11) is 0. The standard InChI is InChI=1S/C15H24N2/c1-13-2-4-15(5-3-13)12-17-11-8-14-6-9-16-10-7-14/h6-7,9-10,13,15,17H,2-5,8,11-12H2,1H3. The van der Waals surface area contributed by atoms with E-state index >= 15 is 0 Å². The van der Waals surface area contributed by atoms with Crippen LogP contribution in [0.2, 0.25) is 0 Å². The molecule has 0 atom stereocenters. The average Bonchev–Trinajstić information content (AvgIpc) is 2.38. The highest BCUT2D eigenvalue weighted by Gasteiger charge is 2.17. The maximum Gasteiger partial charge on any atom is 0.0270 e. The molecule has 2 rings (SSSR count). The molecular weight excluding hydrogens is 208 g/mol. The number of rotatable bonds is 5. The van der Waals surface area contributed by atoms with E-state index in [4.69, 9.17) is 0 Å². The smallest absolute Gasteiger partial charge is 0.0270 e. The molecule has 0 saturated heterocycles. The maximum absolute atomic E-state index is 4.03. The first-order valence-corrected chi connectivity index (χ1v) is 6.94. The Morgan fingerprint density at radius 1 is 1.18 bits per heavy atom. The van der Waals surface area contributed by atoms with E-state index in [1.807, 2.05) is 12.4 Å². The Bertz CT molecular complexity index is 302. The van der Waals surface area contributed by atoms with Gasteiger partial charge < -0.3 is 5.32 Å². The van der Waals surface area contributed by atoms with Crippen LogP contribution in [0.4, 0.5) is 0 Å². The van der Waals surface area contributed by atoms with E-state index in [1.54, 1.807) is 0 Å². The molecule has 1 aliphatic rings. The molecule has 0 bridgehead atoms. The van der Waals surface area contributed by atoms with Crippen LogP contribution in [0.25, 0.3) is 0 Å². The summed E-state index contributed by atoms with van der Waals surface area (Å²) in [6.45, 7) is 4.68. The Labute approximate surface area is 105 Å². The minimum absolute atomic E-state index is 0.920. The van der Waals surface area contributed by atoms with Crippen LogP contribution in [0.15, 0.2) is 24.5 Å². The highest BCUT2D eigenvalue weighted by Crippen LogP contribution is 2.27. The van der Waals surface area contributed by atoms with Gasteiger partial charge in [-0.15, -0.1) is 0 Å². The van der Waals surface area contributed by atoms with Crippen LogP contribution in [-0.4, -0.2) is 18.1 Å². The van der Waals surface area contributed by atoms with Crippen LogP contribution in [0.5, 0.6) is 0 Å². The molecule has 2 heteroatoms. The zero-order valence-electron chi connectivity index (χ0n) is 10.9. The van der Waals surface area contributed by atoms with Gasteiger partial charge >= 0.3 is 0 Å². The second-order valence-electron chi connectivity index (χ2n) is 5.44. The fraction of sp³-hybridized carbons (Fsp3) is 0.667. The lowest BCUT2D eigenvalue weighted by Crippen LogP contribution is -2.27. The monoisotopic (exact) mass is 232 g/mol. The predicted molar refractivity (Wildman–Crippen MR) is 71.9 cm³/mol. The third kappa shape index (κ3) is 4.47. The van der Waals surface area contributed by atoms with Gasteiger partial charge in [-0.3, -0.25) is 4.98 Å². The molecule has 0 radical (unpaired) electrons. The van der Waals surface area contributed by atoms with E-state index in [0.29, 0.717) is 0 Å². The molecule has 1 aromatic rings. The van der Waals surface area contributed by atoms with E-state index in [-0.39, 0.29) is 0 Å². The number of hydrogen-bond acceptors (Lipinski definition) is 2. The first-order valence-electron chi connectivity index (χ1n) is 6.94. The van der Waals surface area contributed by atoms with Gasteiger partial charge in [0.1, 0.15) is 0 Å². The van der Waals surface area contributed by atoms with Crippen molar-refractivity contribution in [1.82, 2.24) is 10.3 Å². The van der Waals surface area contributed by atoms with Crippen LogP contribution >= 0.6 is 0 Å². The summed E-state index contributed by atoms with van der Waals surface area (Å²) < 4.78 is 0. The summed E-state index contributed by atoms with van der Waals surface area (Å²) in [6.07, 6.45) is 10.6. The topological polar surface area (TPSA) is 24.9 Å². The van der Waals surface area contributed by atoms with Gasteiger partial charge in [0.25, 0.3) is 0 Å². The number of nitrogens with one attached hydrogen (secondary N) is 1. The molecule has 0 spiro atoms. The Kier molecular flexibility index (Phi) is 4.99. The van der Waals surface area contributed by atoms with Crippen molar-refractivity contribution < 1.29 is 0 Å². The van der Waals surface area contributed by atoms with Crippen molar-refractivity contribution in [2.24, 2.45) is 11.8 Å². The molecule has 1 aromatic heterocycles. The van der Waals surface area contributed by atoms with Gasteiger partial charge in [0.15, 0.2) is 0 Å². The second kappa shape index (κ2) is 6.75. The number of pyridine rings is 1. The molecule has 2 nitrogen and oxygen atoms in total. The molecule has 0 aliphatic heterocycles. The van der Waals surface area contributed by atoms with Gasteiger partial charge in [0, 0.05) is 12.4 Å². The zero-order valence-corrected chi connectivity index (χ0v) is 10.9. The van der Waals surface area contributed by atoms with E-state index in [2.05, 4.69) is 29.4 Å². The van der Waals surface area contributed by atoms with Crippen molar-refractivity contribution in [3.8, 4) is 0 Å². The first kappa shape index (κ1) is 12.6. The Morgan fingerprint density at radius 2 is 1.88 bits per heavy atom. The fourth-order valence-corrected chi connectivity index (χ4v) is 2.62. The molecular formula is C15H24N2. The van der Waals surface area contributed by atoms with Crippen LogP contribution in [0.3, 0.4) is 0 Å². The van der Waals surface area contributed by atoms with E-state index in [1.165, 1.54) is 37.8 Å². The van der Waals surface area contributed by atoms with E-state index in [0.717, 1.165) is 24.8 Å². The third-order valence-corrected chi connectivity index (χ3v) is 3.91. The summed E-state index contributed by atoms with van der Waals surface area (Å²) in [5, 5.41) is 3.60. The van der Waals surface area contributed by atoms with Gasteiger partial charge in [0.2, 0.25) is 0 Å². The summed E-state index contributed by atoms with van der Waals surface area (Å²) in [6, 6.07) is 4.20. The van der Waals surface area contributed by atoms with Crippen LogP contribution in [-0.2, 0) is 6.42 Å². The minimum Gasteiger partial charge on any atom is -0.316 e. The first-order chi connectivity index (χ1) is 8.34. The Balaban J connectivity index is 1.57. The summed E-state index contributed by atoms with van der Waals surface area (Å²) >= 11 is 0. The molecule has 0 unspecified atom stereocenters. The van der Waals surface area contributed by atoms with E-state index in [9.17, 15) is 0 Å². The average molecular weight is 232 g/mol. The van der Waals surface area contributed by atoms with Gasteiger partial charge in [-0.1, -0.05) is 19.8 Å². The van der Waals surface area contributed by atoms with Gasteiger partial charge in [0.05, 0.1) is 0 Å². The predicted octanol–water partition coefficient (Wildman–Crippen LogP) is 3.04. The minimum atomic E-state index is 0.920. The number of nitrogens with zero attached hydrogens (tertiary/aromatic N) is 1. The second-order valence-corrected chi connectivity index (χ2v) is 5.44. The molecule has 0 aromatic carbocycles. The summed E-state index contributed by atoms with van der Waals surface area (Å²) in [5.74, 6) is 1.88.